The molecule has 0 bridgehead atoms. The first-order valence-corrected chi connectivity index (χ1v) is 5.54. The highest BCUT2D eigenvalue weighted by Crippen LogP contribution is 2.20. The fraction of sp³-hybridized carbons (Fsp3) is 0.400. The second-order valence-corrected chi connectivity index (χ2v) is 4.20. The van der Waals surface area contributed by atoms with Gasteiger partial charge in [0.2, 0.25) is 0 Å². The van der Waals surface area contributed by atoms with Crippen LogP contribution in [-0.2, 0) is 11.3 Å². The standard InChI is InChI=1S/C10H13BrClNO/c1-14-5-4-13-7-8-6-9(12)2-3-10(8)11/h2-3,6,13H,4-5,7H2,1H3. The van der Waals surface area contributed by atoms with Gasteiger partial charge in [-0.05, 0) is 23.8 Å². The van der Waals surface area contributed by atoms with Crippen LogP contribution in [0.25, 0.3) is 0 Å². The Bertz CT molecular complexity index is 293. The molecule has 2 nitrogen and oxygen atoms in total. The third-order valence-electron chi connectivity index (χ3n) is 1.81. The van der Waals surface area contributed by atoms with Crippen LogP contribution in [-0.4, -0.2) is 20.3 Å². The Kier molecular flexibility index (Phi) is 5.48. The van der Waals surface area contributed by atoms with Crippen molar-refractivity contribution in [3.8, 4) is 0 Å². The SMILES string of the molecule is COCCNCc1cc(Cl)ccc1Br. The van der Waals surface area contributed by atoms with E-state index in [0.29, 0.717) is 0 Å². The summed E-state index contributed by atoms with van der Waals surface area (Å²) in [4.78, 5) is 0. The highest BCUT2D eigenvalue weighted by molar-refractivity contribution is 9.10. The van der Waals surface area contributed by atoms with Crippen LogP contribution in [0, 0.1) is 0 Å². The molecule has 0 saturated carbocycles. The molecule has 14 heavy (non-hydrogen) atoms. The monoisotopic (exact) mass is 277 g/mol. The number of hydrogen-bond donors (Lipinski definition) is 1. The van der Waals surface area contributed by atoms with Crippen molar-refractivity contribution >= 4 is 27.5 Å². The smallest absolute Gasteiger partial charge is 0.0587 e. The summed E-state index contributed by atoms with van der Waals surface area (Å²) in [5.74, 6) is 0. The molecular weight excluding hydrogens is 265 g/mol. The van der Waals surface area contributed by atoms with E-state index in [9.17, 15) is 0 Å². The van der Waals surface area contributed by atoms with Crippen LogP contribution in [0.4, 0.5) is 0 Å². The van der Waals surface area contributed by atoms with Gasteiger partial charge in [0.15, 0.2) is 0 Å². The van der Waals surface area contributed by atoms with Crippen molar-refractivity contribution in [3.63, 3.8) is 0 Å². The van der Waals surface area contributed by atoms with Crippen LogP contribution in [0.2, 0.25) is 5.02 Å². The van der Waals surface area contributed by atoms with Gasteiger partial charge < -0.3 is 10.1 Å². The van der Waals surface area contributed by atoms with E-state index in [2.05, 4.69) is 21.2 Å². The quantitative estimate of drug-likeness (QED) is 0.836. The molecule has 0 fully saturated rings. The molecule has 0 atom stereocenters. The molecule has 1 N–H and O–H groups in total. The van der Waals surface area contributed by atoms with E-state index < -0.39 is 0 Å². The van der Waals surface area contributed by atoms with Gasteiger partial charge in [-0.1, -0.05) is 27.5 Å². The highest BCUT2D eigenvalue weighted by atomic mass is 79.9. The van der Waals surface area contributed by atoms with Crippen molar-refractivity contribution < 1.29 is 4.74 Å². The van der Waals surface area contributed by atoms with Crippen LogP contribution in [0.15, 0.2) is 22.7 Å². The number of benzene rings is 1. The molecular formula is C10H13BrClNO. The Balaban J connectivity index is 2.45. The maximum Gasteiger partial charge on any atom is 0.0587 e. The molecule has 0 spiro atoms. The van der Waals surface area contributed by atoms with E-state index in [1.165, 1.54) is 0 Å². The second kappa shape index (κ2) is 6.40. The van der Waals surface area contributed by atoms with Gasteiger partial charge in [0.25, 0.3) is 0 Å². The minimum Gasteiger partial charge on any atom is -0.383 e. The van der Waals surface area contributed by atoms with Crippen LogP contribution in [0.1, 0.15) is 5.56 Å². The molecule has 0 aliphatic heterocycles. The third kappa shape index (κ3) is 3.96. The van der Waals surface area contributed by atoms with E-state index in [1.807, 2.05) is 18.2 Å². The number of nitrogens with one attached hydrogen (secondary N) is 1. The summed E-state index contributed by atoms with van der Waals surface area (Å²) >= 11 is 9.35. The normalized spacial score (nSPS) is 10.5. The van der Waals surface area contributed by atoms with Crippen LogP contribution >= 0.6 is 27.5 Å². The Morgan fingerprint density at radius 3 is 3.00 bits per heavy atom. The molecule has 0 heterocycles. The molecule has 0 radical (unpaired) electrons. The van der Waals surface area contributed by atoms with Gasteiger partial charge in [0.1, 0.15) is 0 Å². The zero-order valence-corrected chi connectivity index (χ0v) is 10.4. The number of ether oxygens (including phenoxy) is 1. The van der Waals surface area contributed by atoms with Crippen molar-refractivity contribution in [1.29, 1.82) is 0 Å². The Hall–Kier alpha value is -0.0900. The molecule has 0 aliphatic rings. The molecule has 4 heteroatoms. The summed E-state index contributed by atoms with van der Waals surface area (Å²) in [6.07, 6.45) is 0. The summed E-state index contributed by atoms with van der Waals surface area (Å²) in [6, 6.07) is 5.77. The summed E-state index contributed by atoms with van der Waals surface area (Å²) in [6.45, 7) is 2.36. The third-order valence-corrected chi connectivity index (χ3v) is 2.81. The molecule has 0 saturated heterocycles. The van der Waals surface area contributed by atoms with E-state index in [4.69, 9.17) is 16.3 Å². The van der Waals surface area contributed by atoms with E-state index in [0.717, 1.165) is 34.8 Å². The zero-order valence-electron chi connectivity index (χ0n) is 8.02. The van der Waals surface area contributed by atoms with E-state index in [-0.39, 0.29) is 0 Å². The van der Waals surface area contributed by atoms with Crippen molar-refractivity contribution in [2.45, 2.75) is 6.54 Å². The summed E-state index contributed by atoms with van der Waals surface area (Å²) < 4.78 is 6.01. The topological polar surface area (TPSA) is 21.3 Å². The number of methoxy groups -OCH3 is 1. The second-order valence-electron chi connectivity index (χ2n) is 2.91. The van der Waals surface area contributed by atoms with Crippen molar-refractivity contribution in [1.82, 2.24) is 5.32 Å². The minimum absolute atomic E-state index is 0.720. The predicted molar refractivity (Wildman–Crippen MR) is 62.7 cm³/mol. The molecule has 0 amide bonds. The number of rotatable bonds is 5. The first-order chi connectivity index (χ1) is 6.74. The van der Waals surface area contributed by atoms with E-state index in [1.54, 1.807) is 7.11 Å². The van der Waals surface area contributed by atoms with Crippen molar-refractivity contribution in [3.05, 3.63) is 33.3 Å². The highest BCUT2D eigenvalue weighted by Gasteiger charge is 1.99. The molecule has 0 aromatic heterocycles. The average Bonchev–Trinajstić information content (AvgIpc) is 2.18. The lowest BCUT2D eigenvalue weighted by atomic mass is 10.2. The van der Waals surface area contributed by atoms with Crippen LogP contribution in [0.3, 0.4) is 0 Å². The summed E-state index contributed by atoms with van der Waals surface area (Å²) in [7, 11) is 1.69. The molecule has 78 valence electrons. The molecule has 1 rings (SSSR count). The number of halogens is 2. The largest absolute Gasteiger partial charge is 0.383 e. The van der Waals surface area contributed by atoms with Gasteiger partial charge in [-0.15, -0.1) is 0 Å². The maximum absolute atomic E-state index is 5.88. The molecule has 1 aromatic rings. The summed E-state index contributed by atoms with van der Waals surface area (Å²) in [5, 5.41) is 4.02. The van der Waals surface area contributed by atoms with Gasteiger partial charge in [-0.3, -0.25) is 0 Å². The lowest BCUT2D eigenvalue weighted by Gasteiger charge is -2.06. The minimum atomic E-state index is 0.720. The first kappa shape index (κ1) is 12.0. The Labute approximate surface area is 97.7 Å². The fourth-order valence-electron chi connectivity index (χ4n) is 1.08. The molecule has 0 unspecified atom stereocenters. The van der Waals surface area contributed by atoms with Crippen molar-refractivity contribution in [2.75, 3.05) is 20.3 Å². The van der Waals surface area contributed by atoms with Crippen molar-refractivity contribution in [2.24, 2.45) is 0 Å². The van der Waals surface area contributed by atoms with Crippen LogP contribution in [0.5, 0.6) is 0 Å². The van der Waals surface area contributed by atoms with Gasteiger partial charge in [-0.25, -0.2) is 0 Å². The van der Waals surface area contributed by atoms with E-state index >= 15 is 0 Å². The number of hydrogen-bond acceptors (Lipinski definition) is 2. The molecule has 0 aliphatic carbocycles. The van der Waals surface area contributed by atoms with Gasteiger partial charge >= 0.3 is 0 Å². The Morgan fingerprint density at radius 1 is 1.50 bits per heavy atom. The lowest BCUT2D eigenvalue weighted by Crippen LogP contribution is -2.18. The average molecular weight is 279 g/mol. The molecule has 1 aromatic carbocycles. The van der Waals surface area contributed by atoms with Gasteiger partial charge in [-0.2, -0.15) is 0 Å². The first-order valence-electron chi connectivity index (χ1n) is 4.37. The van der Waals surface area contributed by atoms with Gasteiger partial charge in [0, 0.05) is 29.7 Å². The lowest BCUT2D eigenvalue weighted by molar-refractivity contribution is 0.199. The maximum atomic E-state index is 5.88. The van der Waals surface area contributed by atoms with Crippen LogP contribution < -0.4 is 5.32 Å². The van der Waals surface area contributed by atoms with Gasteiger partial charge in [0.05, 0.1) is 6.61 Å². The fourth-order valence-corrected chi connectivity index (χ4v) is 1.66. The Morgan fingerprint density at radius 2 is 2.29 bits per heavy atom. The zero-order chi connectivity index (χ0) is 10.4. The predicted octanol–water partition coefficient (Wildman–Crippen LogP) is 2.84. The summed E-state index contributed by atoms with van der Waals surface area (Å²) in [5.41, 5.74) is 1.16.